The number of sulfone groups is 1. The smallest absolute Gasteiger partial charge is 0.268 e. The number of para-hydroxylation sites is 1. The maximum atomic E-state index is 11.8. The summed E-state index contributed by atoms with van der Waals surface area (Å²) in [5, 5.41) is 2.71. The van der Waals surface area contributed by atoms with Gasteiger partial charge in [-0.15, -0.1) is 0 Å². The van der Waals surface area contributed by atoms with Crippen LogP contribution in [0.2, 0.25) is 0 Å². The fraction of sp³-hybridized carbons (Fsp3) is 0.250. The first-order valence-corrected chi connectivity index (χ1v) is 7.39. The second kappa shape index (κ2) is 3.58. The summed E-state index contributed by atoms with van der Waals surface area (Å²) < 4.78 is 24.8. The number of nitrogens with zero attached hydrogens (tertiary/aromatic N) is 1. The molecule has 2 aromatic rings. The van der Waals surface area contributed by atoms with Gasteiger partial charge in [-0.05, 0) is 18.6 Å². The molecule has 0 saturated heterocycles. The van der Waals surface area contributed by atoms with Gasteiger partial charge in [-0.3, -0.25) is 14.6 Å². The number of aromatic amines is 1. The lowest BCUT2D eigenvalue weighted by Crippen LogP contribution is -2.12. The van der Waals surface area contributed by atoms with Crippen molar-refractivity contribution in [3.05, 3.63) is 51.4 Å². The number of rotatable bonds is 1. The molecule has 0 amide bonds. The van der Waals surface area contributed by atoms with Gasteiger partial charge < -0.3 is 0 Å². The maximum absolute atomic E-state index is 11.8. The Labute approximate surface area is 104 Å². The lowest BCUT2D eigenvalue weighted by Gasteiger charge is -2.09. The minimum Gasteiger partial charge on any atom is -0.268 e. The number of H-pyrrole nitrogens is 1. The highest BCUT2D eigenvalue weighted by atomic mass is 32.2. The van der Waals surface area contributed by atoms with Crippen LogP contribution in [-0.2, 0) is 21.3 Å². The molecule has 0 radical (unpaired) electrons. The van der Waals surface area contributed by atoms with Gasteiger partial charge in [0.05, 0.1) is 28.5 Å². The van der Waals surface area contributed by atoms with E-state index in [0.717, 1.165) is 11.3 Å². The van der Waals surface area contributed by atoms with E-state index in [2.05, 4.69) is 5.10 Å². The average Bonchev–Trinajstić information content (AvgIpc) is 2.75. The molecule has 0 saturated carbocycles. The van der Waals surface area contributed by atoms with E-state index in [1.54, 1.807) is 4.68 Å². The predicted octanol–water partition coefficient (Wildman–Crippen LogP) is 0.902. The third-order valence-corrected chi connectivity index (χ3v) is 4.62. The third kappa shape index (κ3) is 1.60. The third-order valence-electron chi connectivity index (χ3n) is 3.18. The van der Waals surface area contributed by atoms with Gasteiger partial charge in [-0.1, -0.05) is 18.2 Å². The first-order valence-electron chi connectivity index (χ1n) is 5.57. The molecule has 1 aliphatic heterocycles. The zero-order valence-electron chi connectivity index (χ0n) is 9.80. The molecule has 0 unspecified atom stereocenters. The van der Waals surface area contributed by atoms with Crippen LogP contribution in [0.25, 0.3) is 5.69 Å². The molecule has 1 aliphatic rings. The number of hydrogen-bond donors (Lipinski definition) is 1. The summed E-state index contributed by atoms with van der Waals surface area (Å²) in [6.07, 6.45) is 0. The van der Waals surface area contributed by atoms with Crippen LogP contribution in [0.4, 0.5) is 0 Å². The van der Waals surface area contributed by atoms with Crippen LogP contribution in [-0.4, -0.2) is 18.2 Å². The van der Waals surface area contributed by atoms with Crippen molar-refractivity contribution in [3.8, 4) is 5.69 Å². The van der Waals surface area contributed by atoms with Crippen molar-refractivity contribution >= 4 is 9.84 Å². The standard InChI is InChI=1S/C12H12N2O3S/c1-8-4-2-3-5-10(8)14-11-7-18(16,17)6-9(11)12(15)13-14/h2-5H,6-7H2,1H3,(H,13,15). The fourth-order valence-electron chi connectivity index (χ4n) is 2.30. The summed E-state index contributed by atoms with van der Waals surface area (Å²) in [6, 6.07) is 7.54. The van der Waals surface area contributed by atoms with Crippen molar-refractivity contribution in [1.82, 2.24) is 9.78 Å². The zero-order valence-corrected chi connectivity index (χ0v) is 10.6. The van der Waals surface area contributed by atoms with E-state index in [1.807, 2.05) is 31.2 Å². The van der Waals surface area contributed by atoms with Crippen LogP contribution in [0, 0.1) is 6.92 Å². The average molecular weight is 264 g/mol. The molecular weight excluding hydrogens is 252 g/mol. The van der Waals surface area contributed by atoms with Gasteiger partial charge in [0.1, 0.15) is 0 Å². The first-order chi connectivity index (χ1) is 8.48. The SMILES string of the molecule is Cc1ccccc1-n1[nH]c(=O)c2c1CS(=O)(=O)C2. The van der Waals surface area contributed by atoms with Crippen LogP contribution in [0.3, 0.4) is 0 Å². The molecule has 94 valence electrons. The van der Waals surface area contributed by atoms with Crippen molar-refractivity contribution in [1.29, 1.82) is 0 Å². The van der Waals surface area contributed by atoms with E-state index in [-0.39, 0.29) is 17.1 Å². The van der Waals surface area contributed by atoms with Gasteiger partial charge in [0, 0.05) is 0 Å². The Hall–Kier alpha value is -1.82. The molecule has 6 heteroatoms. The Morgan fingerprint density at radius 1 is 1.22 bits per heavy atom. The molecule has 3 rings (SSSR count). The Morgan fingerprint density at radius 3 is 2.67 bits per heavy atom. The highest BCUT2D eigenvalue weighted by Gasteiger charge is 2.31. The normalized spacial score (nSPS) is 16.7. The number of fused-ring (bicyclic) bond motifs is 1. The summed E-state index contributed by atoms with van der Waals surface area (Å²) in [5.41, 5.74) is 2.42. The van der Waals surface area contributed by atoms with Crippen molar-refractivity contribution in [2.75, 3.05) is 0 Å². The van der Waals surface area contributed by atoms with Crippen LogP contribution >= 0.6 is 0 Å². The van der Waals surface area contributed by atoms with Gasteiger partial charge in [0.25, 0.3) is 5.56 Å². The maximum Gasteiger partial charge on any atom is 0.268 e. The van der Waals surface area contributed by atoms with E-state index in [1.165, 1.54) is 0 Å². The topological polar surface area (TPSA) is 71.9 Å². The number of benzene rings is 1. The van der Waals surface area contributed by atoms with E-state index in [0.29, 0.717) is 11.3 Å². The monoisotopic (exact) mass is 264 g/mol. The van der Waals surface area contributed by atoms with Crippen LogP contribution < -0.4 is 5.56 Å². The number of aryl methyl sites for hydroxylation is 1. The first kappa shape index (κ1) is 11.3. The molecule has 0 aliphatic carbocycles. The Kier molecular flexibility index (Phi) is 2.25. The van der Waals surface area contributed by atoms with Gasteiger partial charge >= 0.3 is 0 Å². The van der Waals surface area contributed by atoms with E-state index in [4.69, 9.17) is 0 Å². The highest BCUT2D eigenvalue weighted by Crippen LogP contribution is 2.25. The van der Waals surface area contributed by atoms with Gasteiger partial charge in [-0.2, -0.15) is 0 Å². The Bertz CT molecular complexity index is 784. The minimum absolute atomic E-state index is 0.0740. The molecular formula is C12H12N2O3S. The summed E-state index contributed by atoms with van der Waals surface area (Å²) >= 11 is 0. The molecule has 1 N–H and O–H groups in total. The lowest BCUT2D eigenvalue weighted by molar-refractivity contribution is 0.596. The summed E-state index contributed by atoms with van der Waals surface area (Å²) in [6.45, 7) is 1.92. The molecule has 5 nitrogen and oxygen atoms in total. The molecule has 0 atom stereocenters. The van der Waals surface area contributed by atoms with Crippen molar-refractivity contribution in [2.45, 2.75) is 18.4 Å². The van der Waals surface area contributed by atoms with Crippen molar-refractivity contribution < 1.29 is 8.42 Å². The largest absolute Gasteiger partial charge is 0.268 e. The Balaban J connectivity index is 2.27. The van der Waals surface area contributed by atoms with Crippen LogP contribution in [0.1, 0.15) is 16.8 Å². The molecule has 18 heavy (non-hydrogen) atoms. The fourth-order valence-corrected chi connectivity index (χ4v) is 3.86. The van der Waals surface area contributed by atoms with Gasteiger partial charge in [-0.25, -0.2) is 8.42 Å². The van der Waals surface area contributed by atoms with E-state index >= 15 is 0 Å². The molecule has 1 aromatic heterocycles. The molecule has 1 aromatic carbocycles. The zero-order chi connectivity index (χ0) is 12.9. The second-order valence-electron chi connectivity index (χ2n) is 4.52. The lowest BCUT2D eigenvalue weighted by atomic mass is 10.2. The van der Waals surface area contributed by atoms with Crippen molar-refractivity contribution in [3.63, 3.8) is 0 Å². The summed E-state index contributed by atoms with van der Waals surface area (Å²) in [4.78, 5) is 11.8. The number of aromatic nitrogens is 2. The molecule has 0 spiro atoms. The molecule has 0 bridgehead atoms. The highest BCUT2D eigenvalue weighted by molar-refractivity contribution is 7.90. The predicted molar refractivity (Wildman–Crippen MR) is 67.5 cm³/mol. The summed E-state index contributed by atoms with van der Waals surface area (Å²) in [5.74, 6) is -0.230. The summed E-state index contributed by atoms with van der Waals surface area (Å²) in [7, 11) is -3.17. The Morgan fingerprint density at radius 2 is 1.94 bits per heavy atom. The van der Waals surface area contributed by atoms with E-state index in [9.17, 15) is 13.2 Å². The second-order valence-corrected chi connectivity index (χ2v) is 6.58. The van der Waals surface area contributed by atoms with Gasteiger partial charge in [0.2, 0.25) is 0 Å². The quantitative estimate of drug-likeness (QED) is 0.832. The molecule has 2 heterocycles. The van der Waals surface area contributed by atoms with Gasteiger partial charge in [0.15, 0.2) is 9.84 Å². The van der Waals surface area contributed by atoms with Crippen LogP contribution in [0.5, 0.6) is 0 Å². The number of hydrogen-bond acceptors (Lipinski definition) is 3. The van der Waals surface area contributed by atoms with E-state index < -0.39 is 9.84 Å². The van der Waals surface area contributed by atoms with Crippen LogP contribution in [0.15, 0.2) is 29.1 Å². The molecule has 0 fully saturated rings. The minimum atomic E-state index is -3.17. The number of nitrogens with one attached hydrogen (secondary N) is 1. The van der Waals surface area contributed by atoms with Crippen molar-refractivity contribution in [2.24, 2.45) is 0 Å².